The van der Waals surface area contributed by atoms with E-state index in [2.05, 4.69) is 35.9 Å². The summed E-state index contributed by atoms with van der Waals surface area (Å²) < 4.78 is 4.08. The van der Waals surface area contributed by atoms with Crippen molar-refractivity contribution >= 4 is 22.8 Å². The molecule has 5 N–H and O–H groups in total. The fourth-order valence-electron chi connectivity index (χ4n) is 5.85. The van der Waals surface area contributed by atoms with Crippen LogP contribution < -0.4 is 21.0 Å². The summed E-state index contributed by atoms with van der Waals surface area (Å²) in [5.41, 5.74) is 16.5. The molecule has 0 unspecified atom stereocenters. The third-order valence-electron chi connectivity index (χ3n) is 7.83. The van der Waals surface area contributed by atoms with Gasteiger partial charge in [0.25, 0.3) is 0 Å². The highest BCUT2D eigenvalue weighted by Crippen LogP contribution is 2.51. The van der Waals surface area contributed by atoms with E-state index in [0.29, 0.717) is 11.4 Å². The first-order valence-corrected chi connectivity index (χ1v) is 11.0. The van der Waals surface area contributed by atoms with Crippen molar-refractivity contribution < 1.29 is 4.68 Å². The molecule has 158 valence electrons. The number of aryl methyl sites for hydroxylation is 1. The maximum absolute atomic E-state index is 6.50. The van der Waals surface area contributed by atoms with Crippen molar-refractivity contribution in [2.24, 2.45) is 18.2 Å². The average Bonchev–Trinajstić information content (AvgIpc) is 3.31. The van der Waals surface area contributed by atoms with Gasteiger partial charge in [-0.05, 0) is 38.5 Å². The molecule has 3 fully saturated rings. The zero-order valence-electron chi connectivity index (χ0n) is 17.6. The summed E-state index contributed by atoms with van der Waals surface area (Å²) in [5.74, 6) is 1.17. The van der Waals surface area contributed by atoms with Crippen LogP contribution in [0.3, 0.4) is 0 Å². The monoisotopic (exact) mass is 408 g/mol. The van der Waals surface area contributed by atoms with E-state index >= 15 is 0 Å². The minimum absolute atomic E-state index is 0.124. The molecule has 3 aliphatic carbocycles. The lowest BCUT2D eigenvalue weighted by molar-refractivity contribution is -0.763. The van der Waals surface area contributed by atoms with E-state index in [1.807, 2.05) is 13.2 Å². The third kappa shape index (κ3) is 2.79. The summed E-state index contributed by atoms with van der Waals surface area (Å²) in [6.45, 7) is 2.79. The highest BCUT2D eigenvalue weighted by atomic mass is 15.3. The number of nitrogen functional groups attached to an aromatic ring is 1. The van der Waals surface area contributed by atoms with Gasteiger partial charge >= 0.3 is 0 Å². The van der Waals surface area contributed by atoms with Gasteiger partial charge < -0.3 is 16.4 Å². The molecule has 1 aliphatic heterocycles. The number of nitrogens with two attached hydrogens (primary N) is 2. The number of hydrogen-bond acceptors (Lipinski definition) is 6. The fraction of sp³-hybridized carbons (Fsp3) is 0.619. The van der Waals surface area contributed by atoms with Crippen molar-refractivity contribution in [2.45, 2.75) is 63.6 Å². The molecular weight excluding hydrogens is 378 g/mol. The van der Waals surface area contributed by atoms with E-state index in [1.165, 1.54) is 49.8 Å². The molecule has 7 rings (SSSR count). The topological polar surface area (TPSA) is 119 Å². The SMILES string of the molecule is Cn1ncc2c(N3CCc4[nH][n+](CC56CCC(N)(CC5)CC6)cc4C3)nc(N)nc21. The first-order valence-electron chi connectivity index (χ1n) is 11.0. The van der Waals surface area contributed by atoms with Gasteiger partial charge in [0, 0.05) is 31.0 Å². The Labute approximate surface area is 175 Å². The lowest BCUT2D eigenvalue weighted by atomic mass is 9.57. The van der Waals surface area contributed by atoms with Crippen molar-refractivity contribution in [3.8, 4) is 0 Å². The smallest absolute Gasteiger partial charge is 0.224 e. The van der Waals surface area contributed by atoms with E-state index in [1.54, 1.807) is 4.68 Å². The molecule has 9 nitrogen and oxygen atoms in total. The number of nitrogens with zero attached hydrogens (tertiary/aromatic N) is 6. The van der Waals surface area contributed by atoms with E-state index < -0.39 is 0 Å². The molecule has 4 aliphatic rings. The number of rotatable bonds is 3. The Morgan fingerprint density at radius 2 is 1.93 bits per heavy atom. The summed E-state index contributed by atoms with van der Waals surface area (Å²) in [6, 6.07) is 0. The van der Waals surface area contributed by atoms with E-state index in [0.717, 1.165) is 42.9 Å². The van der Waals surface area contributed by atoms with Gasteiger partial charge in [0.05, 0.1) is 29.4 Å². The molecule has 0 atom stereocenters. The first-order chi connectivity index (χ1) is 14.4. The standard InChI is InChI=1S/C21H29N9/c1-28-17-15(10-24-28)18(26-19(22)25-17)29-9-2-16-14(11-29)12-30(27-16)13-20-3-6-21(23,7-4-20)8-5-20/h10,12H,2-9,11,13,23H2,1H3,(H2,22,24,25,26)/p+1. The van der Waals surface area contributed by atoms with Crippen LogP contribution >= 0.6 is 0 Å². The van der Waals surface area contributed by atoms with Crippen LogP contribution in [0.1, 0.15) is 49.8 Å². The Balaban J connectivity index is 1.26. The number of aromatic amines is 1. The molecule has 3 saturated carbocycles. The summed E-state index contributed by atoms with van der Waals surface area (Å²) in [4.78, 5) is 11.2. The number of fused-ring (bicyclic) bond motifs is 5. The van der Waals surface area contributed by atoms with Crippen LogP contribution in [0.2, 0.25) is 0 Å². The van der Waals surface area contributed by atoms with Gasteiger partial charge in [-0.25, -0.2) is 0 Å². The minimum Gasteiger partial charge on any atom is -0.368 e. The molecule has 30 heavy (non-hydrogen) atoms. The Morgan fingerprint density at radius 1 is 1.17 bits per heavy atom. The second kappa shape index (κ2) is 6.16. The minimum atomic E-state index is 0.124. The highest BCUT2D eigenvalue weighted by Gasteiger charge is 2.49. The Morgan fingerprint density at radius 3 is 2.70 bits per heavy atom. The van der Waals surface area contributed by atoms with Gasteiger partial charge in [-0.2, -0.15) is 20.2 Å². The molecule has 3 aromatic heterocycles. The predicted octanol–water partition coefficient (Wildman–Crippen LogP) is 1.18. The van der Waals surface area contributed by atoms with Crippen molar-refractivity contribution in [1.29, 1.82) is 0 Å². The molecule has 0 amide bonds. The fourth-order valence-corrected chi connectivity index (χ4v) is 5.85. The normalized spacial score (nSPS) is 28.3. The zero-order chi connectivity index (χ0) is 20.5. The third-order valence-corrected chi connectivity index (χ3v) is 7.83. The van der Waals surface area contributed by atoms with Crippen LogP contribution in [-0.4, -0.2) is 36.9 Å². The van der Waals surface area contributed by atoms with Gasteiger partial charge in [0.15, 0.2) is 12.2 Å². The van der Waals surface area contributed by atoms with Crippen LogP contribution in [0.4, 0.5) is 11.8 Å². The maximum Gasteiger partial charge on any atom is 0.224 e. The molecule has 3 aromatic rings. The van der Waals surface area contributed by atoms with Gasteiger partial charge in [0.1, 0.15) is 5.82 Å². The molecular formula is C21H30N9+. The van der Waals surface area contributed by atoms with Gasteiger partial charge in [-0.15, -0.1) is 4.68 Å². The molecule has 0 aromatic carbocycles. The second-order valence-corrected chi connectivity index (χ2v) is 9.82. The van der Waals surface area contributed by atoms with Crippen molar-refractivity contribution in [3.63, 3.8) is 0 Å². The molecule has 2 bridgehead atoms. The summed E-state index contributed by atoms with van der Waals surface area (Å²) in [7, 11) is 1.88. The molecule has 9 heteroatoms. The van der Waals surface area contributed by atoms with Crippen LogP contribution in [0.5, 0.6) is 0 Å². The predicted molar refractivity (Wildman–Crippen MR) is 114 cm³/mol. The van der Waals surface area contributed by atoms with Gasteiger partial charge in [-0.1, -0.05) is 0 Å². The maximum atomic E-state index is 6.50. The quantitative estimate of drug-likeness (QED) is 0.560. The van der Waals surface area contributed by atoms with Crippen LogP contribution in [0.25, 0.3) is 11.0 Å². The van der Waals surface area contributed by atoms with Crippen LogP contribution in [0.15, 0.2) is 12.4 Å². The summed E-state index contributed by atoms with van der Waals surface area (Å²) >= 11 is 0. The Hall–Kier alpha value is -2.68. The van der Waals surface area contributed by atoms with E-state index in [4.69, 9.17) is 11.5 Å². The summed E-state index contributed by atoms with van der Waals surface area (Å²) in [5, 5.41) is 8.97. The van der Waals surface area contributed by atoms with E-state index in [-0.39, 0.29) is 5.54 Å². The Bertz CT molecular complexity index is 1100. The molecule has 0 saturated heterocycles. The first kappa shape index (κ1) is 18.1. The largest absolute Gasteiger partial charge is 0.368 e. The second-order valence-electron chi connectivity index (χ2n) is 9.82. The molecule has 0 radical (unpaired) electrons. The summed E-state index contributed by atoms with van der Waals surface area (Å²) in [6.07, 6.45) is 12.4. The Kier molecular flexibility index (Phi) is 3.72. The number of H-pyrrole nitrogens is 1. The lowest BCUT2D eigenvalue weighted by Crippen LogP contribution is -2.56. The van der Waals surface area contributed by atoms with Crippen molar-refractivity contribution in [3.05, 3.63) is 23.7 Å². The molecule has 0 spiro atoms. The average molecular weight is 409 g/mol. The number of hydrogen-bond donors (Lipinski definition) is 3. The number of aromatic nitrogens is 6. The number of anilines is 2. The van der Waals surface area contributed by atoms with Crippen molar-refractivity contribution in [2.75, 3.05) is 17.2 Å². The number of nitrogens with one attached hydrogen (secondary N) is 1. The van der Waals surface area contributed by atoms with Crippen LogP contribution in [0, 0.1) is 5.41 Å². The van der Waals surface area contributed by atoms with Crippen LogP contribution in [-0.2, 0) is 26.6 Å². The zero-order valence-corrected chi connectivity index (χ0v) is 17.6. The van der Waals surface area contributed by atoms with Gasteiger partial charge in [-0.3, -0.25) is 4.68 Å². The van der Waals surface area contributed by atoms with E-state index in [9.17, 15) is 0 Å². The van der Waals surface area contributed by atoms with Crippen molar-refractivity contribution in [1.82, 2.24) is 24.8 Å². The van der Waals surface area contributed by atoms with Gasteiger partial charge in [0.2, 0.25) is 12.1 Å². The molecule has 4 heterocycles. The highest BCUT2D eigenvalue weighted by molar-refractivity contribution is 5.88. The lowest BCUT2D eigenvalue weighted by Gasteiger charge is -2.50.